The molecular formula is C12H13NO5. The molecule has 0 saturated carbocycles. The molecule has 1 fully saturated rings. The van der Waals surface area contributed by atoms with E-state index in [4.69, 9.17) is 9.47 Å². The van der Waals surface area contributed by atoms with Gasteiger partial charge < -0.3 is 19.9 Å². The highest BCUT2D eigenvalue weighted by atomic mass is 16.5. The Bertz CT molecular complexity index is 485. The molecular weight excluding hydrogens is 238 g/mol. The van der Waals surface area contributed by atoms with Gasteiger partial charge in [-0.25, -0.2) is 4.79 Å². The van der Waals surface area contributed by atoms with Crippen molar-refractivity contribution in [3.05, 3.63) is 23.8 Å². The van der Waals surface area contributed by atoms with Gasteiger partial charge in [-0.15, -0.1) is 0 Å². The van der Waals surface area contributed by atoms with Crippen LogP contribution in [0.5, 0.6) is 11.5 Å². The van der Waals surface area contributed by atoms with Gasteiger partial charge in [-0.1, -0.05) is 0 Å². The molecule has 0 aromatic heterocycles. The van der Waals surface area contributed by atoms with Crippen LogP contribution in [0, 0.1) is 0 Å². The first kappa shape index (κ1) is 12.2. The Balaban J connectivity index is 2.11. The highest BCUT2D eigenvalue weighted by Gasteiger charge is 2.28. The van der Waals surface area contributed by atoms with Crippen molar-refractivity contribution in [1.29, 1.82) is 0 Å². The van der Waals surface area contributed by atoms with Crippen molar-refractivity contribution in [3.63, 3.8) is 0 Å². The minimum Gasteiger partial charge on any atom is -0.507 e. The standard InChI is InChI=1S/C12H13NO5/c1-17-7-2-3-8(10(14)6-7)11(15)13-9-4-5-18-12(9)16/h2-3,6,9,14H,4-5H2,1H3,(H,13,15). The summed E-state index contributed by atoms with van der Waals surface area (Å²) in [4.78, 5) is 23.1. The van der Waals surface area contributed by atoms with Crippen molar-refractivity contribution in [1.82, 2.24) is 5.32 Å². The van der Waals surface area contributed by atoms with Gasteiger partial charge in [-0.05, 0) is 12.1 Å². The molecule has 0 aliphatic carbocycles. The van der Waals surface area contributed by atoms with E-state index in [9.17, 15) is 14.7 Å². The van der Waals surface area contributed by atoms with Crippen LogP contribution in [0.1, 0.15) is 16.8 Å². The van der Waals surface area contributed by atoms with Crippen molar-refractivity contribution in [2.75, 3.05) is 13.7 Å². The van der Waals surface area contributed by atoms with Crippen LogP contribution in [-0.2, 0) is 9.53 Å². The number of phenolic OH excluding ortho intramolecular Hbond substituents is 1. The summed E-state index contributed by atoms with van der Waals surface area (Å²) >= 11 is 0. The molecule has 0 bridgehead atoms. The molecule has 1 unspecified atom stereocenters. The molecule has 2 N–H and O–H groups in total. The SMILES string of the molecule is COc1ccc(C(=O)NC2CCOC2=O)c(O)c1. The van der Waals surface area contributed by atoms with Gasteiger partial charge in [0.05, 0.1) is 19.3 Å². The predicted molar refractivity (Wildman–Crippen MR) is 61.5 cm³/mol. The Morgan fingerprint density at radius 1 is 1.56 bits per heavy atom. The van der Waals surface area contributed by atoms with E-state index in [-0.39, 0.29) is 11.3 Å². The number of aromatic hydroxyl groups is 1. The number of amides is 1. The normalized spacial score (nSPS) is 18.3. The summed E-state index contributed by atoms with van der Waals surface area (Å²) in [6.07, 6.45) is 0.446. The zero-order valence-corrected chi connectivity index (χ0v) is 9.80. The Kier molecular flexibility index (Phi) is 3.36. The van der Waals surface area contributed by atoms with Gasteiger partial charge in [-0.3, -0.25) is 4.79 Å². The molecule has 1 amide bonds. The van der Waals surface area contributed by atoms with Crippen LogP contribution in [-0.4, -0.2) is 36.7 Å². The molecule has 1 atom stereocenters. The molecule has 6 heteroatoms. The number of esters is 1. The van der Waals surface area contributed by atoms with Crippen molar-refractivity contribution in [3.8, 4) is 11.5 Å². The molecule has 1 aromatic rings. The van der Waals surface area contributed by atoms with Crippen LogP contribution < -0.4 is 10.1 Å². The Hall–Kier alpha value is -2.24. The lowest BCUT2D eigenvalue weighted by molar-refractivity contribution is -0.139. The predicted octanol–water partition coefficient (Wildman–Crippen LogP) is 0.446. The lowest BCUT2D eigenvalue weighted by Crippen LogP contribution is -2.37. The fourth-order valence-electron chi connectivity index (χ4n) is 1.69. The number of methoxy groups -OCH3 is 1. The maximum absolute atomic E-state index is 11.8. The number of hydrogen-bond acceptors (Lipinski definition) is 5. The van der Waals surface area contributed by atoms with Crippen molar-refractivity contribution in [2.45, 2.75) is 12.5 Å². The number of ether oxygens (including phenoxy) is 2. The van der Waals surface area contributed by atoms with Crippen molar-refractivity contribution >= 4 is 11.9 Å². The average molecular weight is 251 g/mol. The topological polar surface area (TPSA) is 84.9 Å². The van der Waals surface area contributed by atoms with Crippen LogP contribution in [0.3, 0.4) is 0 Å². The first-order valence-electron chi connectivity index (χ1n) is 5.46. The zero-order valence-electron chi connectivity index (χ0n) is 9.80. The van der Waals surface area contributed by atoms with E-state index in [1.807, 2.05) is 0 Å². The highest BCUT2D eigenvalue weighted by molar-refractivity contribution is 5.99. The van der Waals surface area contributed by atoms with Crippen molar-refractivity contribution < 1.29 is 24.2 Å². The number of carbonyl (C=O) groups is 2. The van der Waals surface area contributed by atoms with E-state index in [0.29, 0.717) is 18.8 Å². The van der Waals surface area contributed by atoms with Crippen LogP contribution in [0.2, 0.25) is 0 Å². The number of nitrogens with one attached hydrogen (secondary N) is 1. The molecule has 1 heterocycles. The molecule has 6 nitrogen and oxygen atoms in total. The van der Waals surface area contributed by atoms with Crippen LogP contribution >= 0.6 is 0 Å². The molecule has 18 heavy (non-hydrogen) atoms. The summed E-state index contributed by atoms with van der Waals surface area (Å²) in [5.74, 6) is -0.710. The molecule has 96 valence electrons. The number of cyclic esters (lactones) is 1. The number of carbonyl (C=O) groups excluding carboxylic acids is 2. The second-order valence-corrected chi connectivity index (χ2v) is 3.87. The largest absolute Gasteiger partial charge is 0.507 e. The van der Waals surface area contributed by atoms with Crippen molar-refractivity contribution in [2.24, 2.45) is 0 Å². The minimum atomic E-state index is -0.640. The third kappa shape index (κ3) is 2.37. The van der Waals surface area contributed by atoms with Crippen LogP contribution in [0.15, 0.2) is 18.2 Å². The summed E-state index contributed by atoms with van der Waals surface area (Å²) in [5, 5.41) is 12.2. The summed E-state index contributed by atoms with van der Waals surface area (Å²) in [7, 11) is 1.46. The Morgan fingerprint density at radius 2 is 2.33 bits per heavy atom. The minimum absolute atomic E-state index is 0.0931. The molecule has 1 aliphatic heterocycles. The van der Waals surface area contributed by atoms with Crippen LogP contribution in [0.25, 0.3) is 0 Å². The second kappa shape index (κ2) is 4.95. The number of phenols is 1. The summed E-state index contributed by atoms with van der Waals surface area (Å²) in [5.41, 5.74) is 0.0931. The molecule has 1 aliphatic rings. The second-order valence-electron chi connectivity index (χ2n) is 3.87. The number of benzene rings is 1. The van der Waals surface area contributed by atoms with E-state index >= 15 is 0 Å². The summed E-state index contributed by atoms with van der Waals surface area (Å²) < 4.78 is 9.65. The van der Waals surface area contributed by atoms with Gasteiger partial charge in [0.1, 0.15) is 17.5 Å². The van der Waals surface area contributed by atoms with E-state index in [0.717, 1.165) is 0 Å². The van der Waals surface area contributed by atoms with Gasteiger partial charge in [0.2, 0.25) is 0 Å². The molecule has 1 saturated heterocycles. The van der Waals surface area contributed by atoms with E-state index in [2.05, 4.69) is 5.32 Å². The summed E-state index contributed by atoms with van der Waals surface area (Å²) in [6, 6.07) is 3.69. The lowest BCUT2D eigenvalue weighted by Gasteiger charge is -2.10. The van der Waals surface area contributed by atoms with E-state index in [1.165, 1.54) is 19.2 Å². The Morgan fingerprint density at radius 3 is 2.89 bits per heavy atom. The molecule has 0 spiro atoms. The zero-order chi connectivity index (χ0) is 13.1. The molecule has 2 rings (SSSR count). The number of rotatable bonds is 3. The van der Waals surface area contributed by atoms with Gasteiger partial charge in [0, 0.05) is 12.5 Å². The summed E-state index contributed by atoms with van der Waals surface area (Å²) in [6.45, 7) is 0.304. The van der Waals surface area contributed by atoms with Gasteiger partial charge in [-0.2, -0.15) is 0 Å². The van der Waals surface area contributed by atoms with E-state index < -0.39 is 17.9 Å². The average Bonchev–Trinajstić information content (AvgIpc) is 2.74. The quantitative estimate of drug-likeness (QED) is 0.762. The van der Waals surface area contributed by atoms with E-state index in [1.54, 1.807) is 6.07 Å². The van der Waals surface area contributed by atoms with Gasteiger partial charge in [0.15, 0.2) is 0 Å². The Labute approximate surface area is 104 Å². The fraction of sp³-hybridized carbons (Fsp3) is 0.333. The molecule has 0 radical (unpaired) electrons. The van der Waals surface area contributed by atoms with Gasteiger partial charge in [0.25, 0.3) is 5.91 Å². The monoisotopic (exact) mass is 251 g/mol. The molecule has 1 aromatic carbocycles. The lowest BCUT2D eigenvalue weighted by atomic mass is 10.1. The van der Waals surface area contributed by atoms with Crippen LogP contribution in [0.4, 0.5) is 0 Å². The maximum atomic E-state index is 11.8. The maximum Gasteiger partial charge on any atom is 0.328 e. The first-order valence-corrected chi connectivity index (χ1v) is 5.46. The highest BCUT2D eigenvalue weighted by Crippen LogP contribution is 2.23. The fourth-order valence-corrected chi connectivity index (χ4v) is 1.69. The third-order valence-corrected chi connectivity index (χ3v) is 2.69. The smallest absolute Gasteiger partial charge is 0.328 e. The number of hydrogen-bond donors (Lipinski definition) is 2. The van der Waals surface area contributed by atoms with Gasteiger partial charge >= 0.3 is 5.97 Å². The third-order valence-electron chi connectivity index (χ3n) is 2.69. The first-order chi connectivity index (χ1) is 8.61.